The second-order valence-corrected chi connectivity index (χ2v) is 5.01. The van der Waals surface area contributed by atoms with Crippen LogP contribution in [0.4, 0.5) is 0 Å². The molecule has 1 aromatic rings. The summed E-state index contributed by atoms with van der Waals surface area (Å²) in [5, 5.41) is 14.1. The van der Waals surface area contributed by atoms with Gasteiger partial charge in [-0.3, -0.25) is 4.90 Å². The van der Waals surface area contributed by atoms with Crippen molar-refractivity contribution in [1.82, 2.24) is 4.90 Å². The lowest BCUT2D eigenvalue weighted by Gasteiger charge is -2.24. The van der Waals surface area contributed by atoms with Crippen molar-refractivity contribution in [1.29, 1.82) is 0 Å². The minimum Gasteiger partial charge on any atom is -0.389 e. The molecular weight excluding hydrogens is 262 g/mol. The maximum Gasteiger partial charge on any atom is 0.107 e. The van der Waals surface area contributed by atoms with Gasteiger partial charge in [-0.25, -0.2) is 0 Å². The van der Waals surface area contributed by atoms with Crippen molar-refractivity contribution in [2.24, 2.45) is 0 Å². The van der Waals surface area contributed by atoms with E-state index in [9.17, 15) is 5.11 Å². The molecule has 4 nitrogen and oxygen atoms in total. The summed E-state index contributed by atoms with van der Waals surface area (Å²) in [5.41, 5.74) is 1.25. The molecule has 0 bridgehead atoms. The van der Waals surface area contributed by atoms with Crippen molar-refractivity contribution in [3.05, 3.63) is 22.4 Å². The summed E-state index contributed by atoms with van der Waals surface area (Å²) in [6.07, 6.45) is 4.55. The Morgan fingerprint density at radius 1 is 1.58 bits per heavy atom. The predicted octanol–water partition coefficient (Wildman–Crippen LogP) is 1.21. The van der Waals surface area contributed by atoms with E-state index in [1.165, 1.54) is 5.56 Å². The number of methoxy groups -OCH3 is 1. The van der Waals surface area contributed by atoms with Gasteiger partial charge in [0.1, 0.15) is 6.61 Å². The average molecular weight is 283 g/mol. The third kappa shape index (κ3) is 7.31. The average Bonchev–Trinajstić information content (AvgIpc) is 2.89. The Labute approximate surface area is 119 Å². The topological polar surface area (TPSA) is 41.9 Å². The molecule has 1 N–H and O–H groups in total. The first kappa shape index (κ1) is 16.2. The second kappa shape index (κ2) is 9.96. The van der Waals surface area contributed by atoms with Gasteiger partial charge in [-0.2, -0.15) is 11.3 Å². The summed E-state index contributed by atoms with van der Waals surface area (Å²) in [5.74, 6) is 2.38. The molecule has 0 aliphatic rings. The molecule has 1 rings (SSSR count). The Hall–Kier alpha value is -0.900. The fourth-order valence-corrected chi connectivity index (χ4v) is 2.36. The molecule has 0 aliphatic carbocycles. The number of ether oxygens (including phenoxy) is 2. The van der Waals surface area contributed by atoms with Crippen LogP contribution in [0, 0.1) is 12.3 Å². The second-order valence-electron chi connectivity index (χ2n) is 4.23. The van der Waals surface area contributed by atoms with Crippen molar-refractivity contribution in [2.75, 3.05) is 40.0 Å². The van der Waals surface area contributed by atoms with E-state index in [2.05, 4.69) is 27.6 Å². The molecule has 0 amide bonds. The lowest BCUT2D eigenvalue weighted by molar-refractivity contribution is 0.0208. The largest absolute Gasteiger partial charge is 0.389 e. The Kier molecular flexibility index (Phi) is 8.47. The summed E-state index contributed by atoms with van der Waals surface area (Å²) in [6, 6.07) is 2.09. The van der Waals surface area contributed by atoms with Crippen LogP contribution in [-0.2, 0) is 16.0 Å². The zero-order valence-corrected chi connectivity index (χ0v) is 12.1. The van der Waals surface area contributed by atoms with Crippen LogP contribution in [-0.4, -0.2) is 56.1 Å². The maximum absolute atomic E-state index is 9.90. The zero-order valence-electron chi connectivity index (χ0n) is 11.2. The summed E-state index contributed by atoms with van der Waals surface area (Å²) < 4.78 is 10.2. The van der Waals surface area contributed by atoms with Crippen molar-refractivity contribution in [2.45, 2.75) is 12.6 Å². The van der Waals surface area contributed by atoms with Crippen LogP contribution in [0.5, 0.6) is 0 Å². The minimum absolute atomic E-state index is 0.236. The van der Waals surface area contributed by atoms with E-state index >= 15 is 0 Å². The van der Waals surface area contributed by atoms with Crippen molar-refractivity contribution in [3.8, 4) is 12.3 Å². The quantitative estimate of drug-likeness (QED) is 0.518. The van der Waals surface area contributed by atoms with E-state index in [0.29, 0.717) is 13.2 Å². The molecule has 0 aliphatic heterocycles. The van der Waals surface area contributed by atoms with Gasteiger partial charge in [0.2, 0.25) is 0 Å². The van der Waals surface area contributed by atoms with E-state index < -0.39 is 6.10 Å². The van der Waals surface area contributed by atoms with Gasteiger partial charge in [0.15, 0.2) is 0 Å². The third-order valence-electron chi connectivity index (χ3n) is 2.56. The van der Waals surface area contributed by atoms with Crippen LogP contribution < -0.4 is 0 Å². The van der Waals surface area contributed by atoms with Crippen molar-refractivity contribution < 1.29 is 14.6 Å². The molecule has 1 aromatic heterocycles. The molecular formula is C14H21NO3S. The molecule has 0 aromatic carbocycles. The van der Waals surface area contributed by atoms with E-state index in [1.54, 1.807) is 18.4 Å². The van der Waals surface area contributed by atoms with Crippen LogP contribution in [0.3, 0.4) is 0 Å². The Morgan fingerprint density at radius 3 is 3.05 bits per heavy atom. The number of terminal acetylenes is 1. The fraction of sp³-hybridized carbons (Fsp3) is 0.571. The van der Waals surface area contributed by atoms with Crippen molar-refractivity contribution in [3.63, 3.8) is 0 Å². The smallest absolute Gasteiger partial charge is 0.107 e. The number of aliphatic hydroxyl groups is 1. The molecule has 0 fully saturated rings. The molecule has 0 radical (unpaired) electrons. The summed E-state index contributed by atoms with van der Waals surface area (Å²) in [4.78, 5) is 2.15. The van der Waals surface area contributed by atoms with E-state index in [0.717, 1.165) is 13.1 Å². The van der Waals surface area contributed by atoms with E-state index in [4.69, 9.17) is 15.9 Å². The molecule has 106 valence electrons. The number of hydrogen-bond donors (Lipinski definition) is 1. The SMILES string of the molecule is C#CCOCC(O)CN(CCOC)Cc1ccsc1. The lowest BCUT2D eigenvalue weighted by atomic mass is 10.2. The lowest BCUT2D eigenvalue weighted by Crippen LogP contribution is -2.36. The van der Waals surface area contributed by atoms with Gasteiger partial charge in [0.25, 0.3) is 0 Å². The molecule has 0 saturated carbocycles. The first-order valence-electron chi connectivity index (χ1n) is 6.18. The molecule has 1 heterocycles. The van der Waals surface area contributed by atoms with Gasteiger partial charge in [-0.15, -0.1) is 6.42 Å². The van der Waals surface area contributed by atoms with Gasteiger partial charge in [-0.05, 0) is 22.4 Å². The summed E-state index contributed by atoms with van der Waals surface area (Å²) >= 11 is 1.67. The van der Waals surface area contributed by atoms with Crippen LogP contribution in [0.2, 0.25) is 0 Å². The Balaban J connectivity index is 2.37. The van der Waals surface area contributed by atoms with Crippen LogP contribution in [0.25, 0.3) is 0 Å². The zero-order chi connectivity index (χ0) is 13.9. The standard InChI is InChI=1S/C14H21NO3S/c1-3-6-18-11-14(16)10-15(5-7-17-2)9-13-4-8-19-12-13/h1,4,8,12,14,16H,5-7,9-11H2,2H3. The normalized spacial score (nSPS) is 12.5. The summed E-state index contributed by atoms with van der Waals surface area (Å²) in [6.45, 7) is 3.26. The number of hydrogen-bond acceptors (Lipinski definition) is 5. The van der Waals surface area contributed by atoms with E-state index in [-0.39, 0.29) is 13.2 Å². The molecule has 19 heavy (non-hydrogen) atoms. The third-order valence-corrected chi connectivity index (χ3v) is 3.29. The Morgan fingerprint density at radius 2 is 2.42 bits per heavy atom. The van der Waals surface area contributed by atoms with Gasteiger partial charge < -0.3 is 14.6 Å². The first-order chi connectivity index (χ1) is 9.26. The molecule has 1 unspecified atom stereocenters. The highest BCUT2D eigenvalue weighted by Gasteiger charge is 2.12. The highest BCUT2D eigenvalue weighted by molar-refractivity contribution is 7.07. The number of aliphatic hydroxyl groups excluding tert-OH is 1. The molecule has 0 saturated heterocycles. The number of thiophene rings is 1. The van der Waals surface area contributed by atoms with Gasteiger partial charge in [0, 0.05) is 26.7 Å². The predicted molar refractivity (Wildman–Crippen MR) is 77.1 cm³/mol. The summed E-state index contributed by atoms with van der Waals surface area (Å²) in [7, 11) is 1.68. The first-order valence-corrected chi connectivity index (χ1v) is 7.12. The minimum atomic E-state index is -0.538. The van der Waals surface area contributed by atoms with Gasteiger partial charge in [0.05, 0.1) is 19.3 Å². The fourth-order valence-electron chi connectivity index (χ4n) is 1.70. The Bertz CT molecular complexity index is 361. The molecule has 5 heteroatoms. The number of rotatable bonds is 10. The van der Waals surface area contributed by atoms with Crippen LogP contribution in [0.15, 0.2) is 16.8 Å². The molecule has 0 spiro atoms. The van der Waals surface area contributed by atoms with E-state index in [1.807, 2.05) is 0 Å². The van der Waals surface area contributed by atoms with Gasteiger partial charge in [-0.1, -0.05) is 5.92 Å². The van der Waals surface area contributed by atoms with Crippen molar-refractivity contribution >= 4 is 11.3 Å². The highest BCUT2D eigenvalue weighted by Crippen LogP contribution is 2.10. The molecule has 1 atom stereocenters. The number of nitrogens with zero attached hydrogens (tertiary/aromatic N) is 1. The maximum atomic E-state index is 9.90. The highest BCUT2D eigenvalue weighted by atomic mass is 32.1. The monoisotopic (exact) mass is 283 g/mol. The van der Waals surface area contributed by atoms with Gasteiger partial charge >= 0.3 is 0 Å². The van der Waals surface area contributed by atoms with Crippen LogP contribution >= 0.6 is 11.3 Å². The van der Waals surface area contributed by atoms with Crippen LogP contribution in [0.1, 0.15) is 5.56 Å².